The van der Waals surface area contributed by atoms with Crippen LogP contribution in [0, 0.1) is 5.92 Å². The summed E-state index contributed by atoms with van der Waals surface area (Å²) in [6, 6.07) is 9.60. The Bertz CT molecular complexity index is 1080. The molecule has 1 aliphatic heterocycles. The number of aryl methyl sites for hydroxylation is 2. The molecule has 0 spiro atoms. The van der Waals surface area contributed by atoms with Crippen LogP contribution in [0.15, 0.2) is 35.1 Å². The quantitative estimate of drug-likeness (QED) is 0.654. The predicted octanol–water partition coefficient (Wildman–Crippen LogP) is 3.52. The summed E-state index contributed by atoms with van der Waals surface area (Å²) in [7, 11) is 0. The fourth-order valence-corrected chi connectivity index (χ4v) is 4.74. The van der Waals surface area contributed by atoms with Crippen LogP contribution in [0.5, 0.6) is 0 Å². The van der Waals surface area contributed by atoms with Gasteiger partial charge in [-0.15, -0.1) is 5.10 Å². The van der Waals surface area contributed by atoms with Crippen molar-refractivity contribution in [2.24, 2.45) is 5.92 Å². The first-order chi connectivity index (χ1) is 14.6. The van der Waals surface area contributed by atoms with Gasteiger partial charge in [0.05, 0.1) is 0 Å². The van der Waals surface area contributed by atoms with Crippen molar-refractivity contribution in [1.29, 1.82) is 0 Å². The van der Waals surface area contributed by atoms with E-state index in [-0.39, 0.29) is 17.4 Å². The molecule has 1 aromatic carbocycles. The van der Waals surface area contributed by atoms with Crippen molar-refractivity contribution in [3.63, 3.8) is 0 Å². The number of carbonyl (C=O) groups excluding carboxylic acids is 1. The van der Waals surface area contributed by atoms with Crippen LogP contribution in [0.3, 0.4) is 0 Å². The van der Waals surface area contributed by atoms with Crippen LogP contribution in [-0.4, -0.2) is 33.6 Å². The highest BCUT2D eigenvalue weighted by Gasteiger charge is 2.27. The smallest absolute Gasteiger partial charge is 0.275 e. The molecule has 0 saturated carbocycles. The first kappa shape index (κ1) is 20.5. The van der Waals surface area contributed by atoms with E-state index in [1.165, 1.54) is 21.4 Å². The van der Waals surface area contributed by atoms with Gasteiger partial charge in [-0.05, 0) is 43.4 Å². The molecule has 158 valence electrons. The van der Waals surface area contributed by atoms with Gasteiger partial charge in [0, 0.05) is 36.5 Å². The van der Waals surface area contributed by atoms with Gasteiger partial charge >= 0.3 is 0 Å². The number of rotatable bonds is 6. The van der Waals surface area contributed by atoms with Crippen molar-refractivity contribution in [1.82, 2.24) is 14.6 Å². The van der Waals surface area contributed by atoms with Crippen molar-refractivity contribution < 1.29 is 4.79 Å². The Balaban J connectivity index is 1.39. The van der Waals surface area contributed by atoms with Crippen LogP contribution >= 0.6 is 11.3 Å². The van der Waals surface area contributed by atoms with Crippen LogP contribution in [0.4, 0.5) is 10.8 Å². The molecule has 3 heterocycles. The number of hydrogen-bond acceptors (Lipinski definition) is 6. The Morgan fingerprint density at radius 1 is 1.20 bits per heavy atom. The third-order valence-corrected chi connectivity index (χ3v) is 6.53. The van der Waals surface area contributed by atoms with E-state index in [0.29, 0.717) is 4.96 Å². The molecule has 30 heavy (non-hydrogen) atoms. The first-order valence-corrected chi connectivity index (χ1v) is 11.4. The zero-order valence-corrected chi connectivity index (χ0v) is 18.2. The molecule has 4 rings (SSSR count). The van der Waals surface area contributed by atoms with Gasteiger partial charge in [-0.3, -0.25) is 9.59 Å². The van der Waals surface area contributed by atoms with Crippen LogP contribution in [0.2, 0.25) is 0 Å². The minimum atomic E-state index is -0.130. The largest absolute Gasteiger partial charge is 0.347 e. The first-order valence-electron chi connectivity index (χ1n) is 10.6. The molecule has 0 radical (unpaired) electrons. The molecule has 1 fully saturated rings. The number of amides is 1. The SMILES string of the molecule is CCCc1cc(=O)n2nc(N3CCC(C(=O)Nc4ccc(CC)cc4)CC3)sc2n1. The van der Waals surface area contributed by atoms with Crippen LogP contribution in [-0.2, 0) is 17.6 Å². The molecular weight excluding hydrogens is 398 g/mol. The number of piperidine rings is 1. The summed E-state index contributed by atoms with van der Waals surface area (Å²) in [5, 5.41) is 8.31. The Kier molecular flexibility index (Phi) is 6.13. The lowest BCUT2D eigenvalue weighted by atomic mass is 9.96. The second-order valence-electron chi connectivity index (χ2n) is 7.72. The minimum absolute atomic E-state index is 0.0153. The average molecular weight is 426 g/mol. The summed E-state index contributed by atoms with van der Waals surface area (Å²) < 4.78 is 1.39. The van der Waals surface area contributed by atoms with E-state index in [4.69, 9.17) is 0 Å². The van der Waals surface area contributed by atoms with Crippen LogP contribution < -0.4 is 15.8 Å². The summed E-state index contributed by atoms with van der Waals surface area (Å²) in [5.41, 5.74) is 2.79. The van der Waals surface area contributed by atoms with Crippen molar-refractivity contribution >= 4 is 33.0 Å². The fraction of sp³-hybridized carbons (Fsp3) is 0.455. The van der Waals surface area contributed by atoms with E-state index in [1.807, 2.05) is 24.3 Å². The zero-order valence-electron chi connectivity index (χ0n) is 17.4. The molecule has 1 aliphatic rings. The molecule has 0 aliphatic carbocycles. The second kappa shape index (κ2) is 8.95. The fourth-order valence-electron chi connectivity index (χ4n) is 3.76. The standard InChI is InChI=1S/C22H27N5O2S/c1-3-5-18-14-19(28)27-21(24-18)30-22(25-27)26-12-10-16(11-13-26)20(29)23-17-8-6-15(4-2)7-9-17/h6-9,14,16H,3-5,10-13H2,1-2H3,(H,23,29). The number of nitrogens with zero attached hydrogens (tertiary/aromatic N) is 4. The van der Waals surface area contributed by atoms with Gasteiger partial charge in [0.1, 0.15) is 0 Å². The minimum Gasteiger partial charge on any atom is -0.347 e. The highest BCUT2D eigenvalue weighted by atomic mass is 32.1. The third kappa shape index (κ3) is 4.38. The molecule has 2 aromatic heterocycles. The highest BCUT2D eigenvalue weighted by Crippen LogP contribution is 2.27. The number of nitrogens with one attached hydrogen (secondary N) is 1. The average Bonchev–Trinajstić information content (AvgIpc) is 3.19. The van der Waals surface area contributed by atoms with Gasteiger partial charge in [0.2, 0.25) is 16.0 Å². The third-order valence-electron chi connectivity index (χ3n) is 5.56. The second-order valence-corrected chi connectivity index (χ2v) is 8.65. The molecule has 0 unspecified atom stereocenters. The zero-order chi connectivity index (χ0) is 21.1. The molecule has 0 atom stereocenters. The lowest BCUT2D eigenvalue weighted by molar-refractivity contribution is -0.120. The maximum atomic E-state index is 12.7. The monoisotopic (exact) mass is 425 g/mol. The van der Waals surface area contributed by atoms with E-state index in [1.54, 1.807) is 6.07 Å². The molecule has 0 bridgehead atoms. The van der Waals surface area contributed by atoms with Gasteiger partial charge in [-0.1, -0.05) is 43.7 Å². The van der Waals surface area contributed by atoms with Gasteiger partial charge in [0.25, 0.3) is 5.56 Å². The van der Waals surface area contributed by atoms with E-state index in [2.05, 4.69) is 34.1 Å². The summed E-state index contributed by atoms with van der Waals surface area (Å²) in [5.74, 6) is 0.0591. The van der Waals surface area contributed by atoms with Crippen LogP contribution in [0.25, 0.3) is 4.96 Å². The number of fused-ring (bicyclic) bond motifs is 1. The molecule has 3 aromatic rings. The summed E-state index contributed by atoms with van der Waals surface area (Å²) in [4.78, 5) is 32.3. The van der Waals surface area contributed by atoms with E-state index in [9.17, 15) is 9.59 Å². The van der Waals surface area contributed by atoms with Gasteiger partial charge < -0.3 is 10.2 Å². The molecule has 7 nitrogen and oxygen atoms in total. The molecule has 1 saturated heterocycles. The number of anilines is 2. The molecular formula is C22H27N5O2S. The van der Waals surface area contributed by atoms with E-state index >= 15 is 0 Å². The summed E-state index contributed by atoms with van der Waals surface area (Å²) in [6.07, 6.45) is 4.25. The normalized spacial score (nSPS) is 14.9. The van der Waals surface area contributed by atoms with E-state index in [0.717, 1.165) is 61.7 Å². The summed E-state index contributed by atoms with van der Waals surface area (Å²) in [6.45, 7) is 5.66. The Morgan fingerprint density at radius 2 is 1.93 bits per heavy atom. The lowest BCUT2D eigenvalue weighted by Gasteiger charge is -2.30. The maximum absolute atomic E-state index is 12.7. The Hall–Kier alpha value is -2.74. The number of benzene rings is 1. The van der Waals surface area contributed by atoms with Gasteiger partial charge in [-0.2, -0.15) is 4.52 Å². The van der Waals surface area contributed by atoms with Crippen molar-refractivity contribution in [3.05, 3.63) is 51.9 Å². The van der Waals surface area contributed by atoms with Crippen molar-refractivity contribution in [2.75, 3.05) is 23.3 Å². The summed E-state index contributed by atoms with van der Waals surface area (Å²) >= 11 is 1.44. The van der Waals surface area contributed by atoms with E-state index < -0.39 is 0 Å². The highest BCUT2D eigenvalue weighted by molar-refractivity contribution is 7.20. The Labute approximate surface area is 179 Å². The Morgan fingerprint density at radius 3 is 2.60 bits per heavy atom. The topological polar surface area (TPSA) is 79.6 Å². The predicted molar refractivity (Wildman–Crippen MR) is 121 cm³/mol. The number of carbonyl (C=O) groups is 1. The van der Waals surface area contributed by atoms with Gasteiger partial charge in [0.15, 0.2) is 0 Å². The van der Waals surface area contributed by atoms with Gasteiger partial charge in [-0.25, -0.2) is 4.98 Å². The maximum Gasteiger partial charge on any atom is 0.275 e. The van der Waals surface area contributed by atoms with Crippen molar-refractivity contribution in [3.8, 4) is 0 Å². The number of aromatic nitrogens is 3. The van der Waals surface area contributed by atoms with Crippen LogP contribution in [0.1, 0.15) is 44.4 Å². The van der Waals surface area contributed by atoms with Crippen molar-refractivity contribution in [2.45, 2.75) is 46.0 Å². The molecule has 1 N–H and O–H groups in total. The number of hydrogen-bond donors (Lipinski definition) is 1. The molecule has 8 heteroatoms. The molecule has 1 amide bonds. The lowest BCUT2D eigenvalue weighted by Crippen LogP contribution is -2.38.